The van der Waals surface area contributed by atoms with Gasteiger partial charge in [0.05, 0.1) is 6.42 Å². The number of rotatable bonds is 7. The molecule has 2 aromatic rings. The van der Waals surface area contributed by atoms with Crippen molar-refractivity contribution in [3.05, 3.63) is 64.7 Å². The molecule has 0 heterocycles. The second-order valence-electron chi connectivity index (χ2n) is 4.99. The molecule has 0 saturated heterocycles. The van der Waals surface area contributed by atoms with Crippen molar-refractivity contribution in [2.45, 2.75) is 24.2 Å². The molecule has 0 bridgehead atoms. The number of aliphatic carboxylic acids is 1. The lowest BCUT2D eigenvalue weighted by Crippen LogP contribution is -2.07. The van der Waals surface area contributed by atoms with Gasteiger partial charge in [-0.15, -0.1) is 0 Å². The molecule has 0 amide bonds. The minimum atomic E-state index is -1.01. The van der Waals surface area contributed by atoms with Gasteiger partial charge < -0.3 is 9.66 Å². The van der Waals surface area contributed by atoms with Gasteiger partial charge in [-0.3, -0.25) is 4.79 Å². The molecule has 5 heteroatoms. The number of carboxylic acid groups (broad SMARTS) is 1. The third kappa shape index (κ3) is 5.37. The molecule has 0 aliphatic heterocycles. The predicted octanol–water partition coefficient (Wildman–Crippen LogP) is 3.71. The minimum absolute atomic E-state index is 0.0425. The summed E-state index contributed by atoms with van der Waals surface area (Å²) in [6.07, 6.45) is 1.68. The quantitative estimate of drug-likeness (QED) is 0.784. The van der Waals surface area contributed by atoms with E-state index >= 15 is 0 Å². The van der Waals surface area contributed by atoms with Gasteiger partial charge in [-0.05, 0) is 59.4 Å². The molecule has 1 atom stereocenters. The van der Waals surface area contributed by atoms with Gasteiger partial charge in [0, 0.05) is 5.02 Å². The zero-order valence-corrected chi connectivity index (χ0v) is 13.6. The highest BCUT2D eigenvalue weighted by atomic mass is 35.5. The van der Waals surface area contributed by atoms with Crippen LogP contribution in [-0.2, 0) is 28.8 Å². The molecular formula is C17H17ClO3S. The Balaban J connectivity index is 1.80. The molecule has 1 unspecified atom stereocenters. The fourth-order valence-corrected chi connectivity index (χ4v) is 3.32. The highest BCUT2D eigenvalue weighted by Gasteiger charge is 2.10. The molecule has 0 aliphatic rings. The molecule has 0 aromatic heterocycles. The van der Waals surface area contributed by atoms with Gasteiger partial charge in [0.2, 0.25) is 0 Å². The number of carbonyl (C=O) groups is 1. The van der Waals surface area contributed by atoms with Crippen LogP contribution in [0.25, 0.3) is 0 Å². The number of carboxylic acids is 1. The molecule has 22 heavy (non-hydrogen) atoms. The zero-order valence-electron chi connectivity index (χ0n) is 12.0. The molecule has 2 aromatic carbocycles. The van der Waals surface area contributed by atoms with Gasteiger partial charge in [0.1, 0.15) is 5.75 Å². The third-order valence-corrected chi connectivity index (χ3v) is 4.96. The van der Waals surface area contributed by atoms with Crippen LogP contribution in [0, 0.1) is 0 Å². The highest BCUT2D eigenvalue weighted by molar-refractivity contribution is 7.91. The molecule has 2 rings (SSSR count). The Bertz CT molecular complexity index is 611. The van der Waals surface area contributed by atoms with E-state index in [1.54, 1.807) is 24.3 Å². The molecule has 116 valence electrons. The minimum Gasteiger partial charge on any atom is -0.611 e. The van der Waals surface area contributed by atoms with Crippen molar-refractivity contribution in [2.24, 2.45) is 0 Å². The summed E-state index contributed by atoms with van der Waals surface area (Å²) in [5.74, 6) is -0.232. The van der Waals surface area contributed by atoms with Crippen molar-refractivity contribution in [2.75, 3.05) is 5.75 Å². The van der Waals surface area contributed by atoms with E-state index in [4.69, 9.17) is 16.7 Å². The van der Waals surface area contributed by atoms with Crippen LogP contribution >= 0.6 is 11.6 Å². The summed E-state index contributed by atoms with van der Waals surface area (Å²) in [7, 11) is 0. The van der Waals surface area contributed by atoms with E-state index < -0.39 is 17.1 Å². The molecule has 0 spiro atoms. The monoisotopic (exact) mass is 336 g/mol. The first-order valence-corrected chi connectivity index (χ1v) is 8.68. The molecule has 3 nitrogen and oxygen atoms in total. The first-order valence-electron chi connectivity index (χ1n) is 6.98. The van der Waals surface area contributed by atoms with Crippen LogP contribution in [0.1, 0.15) is 17.5 Å². The Morgan fingerprint density at radius 3 is 2.23 bits per heavy atom. The lowest BCUT2D eigenvalue weighted by molar-refractivity contribution is -0.136. The Morgan fingerprint density at radius 1 is 1.05 bits per heavy atom. The summed E-state index contributed by atoms with van der Waals surface area (Å²) in [6, 6.07) is 14.6. The van der Waals surface area contributed by atoms with Gasteiger partial charge in [-0.1, -0.05) is 35.9 Å². The Hall–Kier alpha value is -1.49. The summed E-state index contributed by atoms with van der Waals surface area (Å²) in [5.41, 5.74) is 1.92. The Morgan fingerprint density at radius 2 is 1.64 bits per heavy atom. The van der Waals surface area contributed by atoms with Crippen LogP contribution in [0.3, 0.4) is 0 Å². The molecule has 0 saturated carbocycles. The van der Waals surface area contributed by atoms with Gasteiger partial charge in [-0.2, -0.15) is 0 Å². The number of aryl methyl sites for hydroxylation is 1. The largest absolute Gasteiger partial charge is 0.611 e. The van der Waals surface area contributed by atoms with Crippen LogP contribution in [0.5, 0.6) is 0 Å². The summed E-state index contributed by atoms with van der Waals surface area (Å²) >= 11 is 4.80. The van der Waals surface area contributed by atoms with Gasteiger partial charge in [-0.25, -0.2) is 0 Å². The van der Waals surface area contributed by atoms with E-state index in [0.717, 1.165) is 28.9 Å². The molecule has 0 aliphatic carbocycles. The van der Waals surface area contributed by atoms with Crippen molar-refractivity contribution < 1.29 is 14.5 Å². The first-order chi connectivity index (χ1) is 10.5. The van der Waals surface area contributed by atoms with Crippen molar-refractivity contribution in [1.82, 2.24) is 0 Å². The first kappa shape index (κ1) is 16.9. The average molecular weight is 337 g/mol. The SMILES string of the molecule is O=C(O)Cc1ccc(CCC[S+]([O-])c2ccc(Cl)cc2)cc1. The van der Waals surface area contributed by atoms with Crippen molar-refractivity contribution >= 4 is 28.7 Å². The van der Waals surface area contributed by atoms with Crippen LogP contribution < -0.4 is 0 Å². The average Bonchev–Trinajstić information content (AvgIpc) is 2.49. The van der Waals surface area contributed by atoms with E-state index in [2.05, 4.69) is 0 Å². The number of hydrogen-bond acceptors (Lipinski definition) is 2. The molecule has 0 radical (unpaired) electrons. The lowest BCUT2D eigenvalue weighted by Gasteiger charge is -2.10. The zero-order chi connectivity index (χ0) is 15.9. The normalized spacial score (nSPS) is 12.1. The van der Waals surface area contributed by atoms with E-state index in [1.807, 2.05) is 24.3 Å². The summed E-state index contributed by atoms with van der Waals surface area (Å²) in [5, 5.41) is 9.36. The number of hydrogen-bond donors (Lipinski definition) is 1. The fraction of sp³-hybridized carbons (Fsp3) is 0.235. The van der Waals surface area contributed by atoms with Crippen molar-refractivity contribution in [3.8, 4) is 0 Å². The number of benzene rings is 2. The lowest BCUT2D eigenvalue weighted by atomic mass is 10.1. The second kappa shape index (κ2) is 8.22. The van der Waals surface area contributed by atoms with Gasteiger partial charge >= 0.3 is 5.97 Å². The van der Waals surface area contributed by atoms with Crippen LogP contribution in [0.4, 0.5) is 0 Å². The maximum absolute atomic E-state index is 12.1. The molecule has 1 N–H and O–H groups in total. The van der Waals surface area contributed by atoms with Gasteiger partial charge in [0.15, 0.2) is 4.90 Å². The van der Waals surface area contributed by atoms with Crippen LogP contribution in [0.15, 0.2) is 53.4 Å². The van der Waals surface area contributed by atoms with Crippen LogP contribution in [-0.4, -0.2) is 21.4 Å². The fourth-order valence-electron chi connectivity index (χ4n) is 2.11. The standard InChI is InChI=1S/C17H17ClO3S/c18-15-7-9-16(10-8-15)22(21)11-1-2-13-3-5-14(6-4-13)12-17(19)20/h3-10H,1-2,11-12H2,(H,19,20). The summed E-state index contributed by atoms with van der Waals surface area (Å²) in [6.45, 7) is 0. The van der Waals surface area contributed by atoms with Crippen molar-refractivity contribution in [1.29, 1.82) is 0 Å². The highest BCUT2D eigenvalue weighted by Crippen LogP contribution is 2.17. The maximum atomic E-state index is 12.1. The summed E-state index contributed by atoms with van der Waals surface area (Å²) in [4.78, 5) is 11.4. The Labute approximate surface area is 138 Å². The summed E-state index contributed by atoms with van der Waals surface area (Å²) < 4.78 is 12.1. The van der Waals surface area contributed by atoms with Gasteiger partial charge in [0.25, 0.3) is 0 Å². The molecule has 0 fully saturated rings. The van der Waals surface area contributed by atoms with E-state index in [1.165, 1.54) is 0 Å². The van der Waals surface area contributed by atoms with Crippen LogP contribution in [0.2, 0.25) is 5.02 Å². The Kier molecular flexibility index (Phi) is 6.31. The van der Waals surface area contributed by atoms with Crippen molar-refractivity contribution in [3.63, 3.8) is 0 Å². The third-order valence-electron chi connectivity index (χ3n) is 3.25. The predicted molar refractivity (Wildman–Crippen MR) is 88.8 cm³/mol. The topological polar surface area (TPSA) is 60.4 Å². The smallest absolute Gasteiger partial charge is 0.307 e. The maximum Gasteiger partial charge on any atom is 0.307 e. The second-order valence-corrected chi connectivity index (χ2v) is 7.00. The number of halogens is 1. The molecular weight excluding hydrogens is 320 g/mol. The van der Waals surface area contributed by atoms with E-state index in [0.29, 0.717) is 10.8 Å². The van der Waals surface area contributed by atoms with E-state index in [-0.39, 0.29) is 6.42 Å². The van der Waals surface area contributed by atoms with E-state index in [9.17, 15) is 9.35 Å².